The van der Waals surface area contributed by atoms with Gasteiger partial charge < -0.3 is 9.88 Å². The van der Waals surface area contributed by atoms with Crippen LogP contribution in [-0.2, 0) is 11.3 Å². The average Bonchev–Trinajstić information content (AvgIpc) is 3.25. The standard InChI is InChI=1S/C15H16N6O/c1-12(20-9-7-16-11-20)15(22)18-10-13-4-2-5-17-14(13)21-8-3-6-19-21/h2-9,11-12H,10H2,1H3,(H,18,22)/t12-/m0/s1. The van der Waals surface area contributed by atoms with E-state index in [4.69, 9.17) is 0 Å². The lowest BCUT2D eigenvalue weighted by Crippen LogP contribution is -2.30. The minimum Gasteiger partial charge on any atom is -0.350 e. The summed E-state index contributed by atoms with van der Waals surface area (Å²) in [6.07, 6.45) is 10.3. The van der Waals surface area contributed by atoms with Crippen LogP contribution in [0.5, 0.6) is 0 Å². The first kappa shape index (κ1) is 14.0. The Morgan fingerprint density at radius 2 is 2.18 bits per heavy atom. The van der Waals surface area contributed by atoms with Crippen molar-refractivity contribution < 1.29 is 4.79 Å². The largest absolute Gasteiger partial charge is 0.350 e. The van der Waals surface area contributed by atoms with Crippen molar-refractivity contribution in [2.75, 3.05) is 0 Å². The summed E-state index contributed by atoms with van der Waals surface area (Å²) in [5.74, 6) is 0.636. The molecule has 3 aromatic heterocycles. The smallest absolute Gasteiger partial charge is 0.243 e. The molecule has 22 heavy (non-hydrogen) atoms. The van der Waals surface area contributed by atoms with Gasteiger partial charge in [-0.1, -0.05) is 6.07 Å². The molecule has 0 aromatic carbocycles. The number of pyridine rings is 1. The molecule has 7 nitrogen and oxygen atoms in total. The van der Waals surface area contributed by atoms with Gasteiger partial charge in [-0.15, -0.1) is 0 Å². The molecule has 3 heterocycles. The number of hydrogen-bond acceptors (Lipinski definition) is 4. The molecular weight excluding hydrogens is 280 g/mol. The van der Waals surface area contributed by atoms with Gasteiger partial charge in [0.2, 0.25) is 5.91 Å². The maximum atomic E-state index is 12.2. The van der Waals surface area contributed by atoms with Gasteiger partial charge in [0, 0.05) is 43.1 Å². The van der Waals surface area contributed by atoms with E-state index in [9.17, 15) is 4.79 Å². The van der Waals surface area contributed by atoms with Crippen molar-refractivity contribution in [3.63, 3.8) is 0 Å². The predicted molar refractivity (Wildman–Crippen MR) is 80.1 cm³/mol. The van der Waals surface area contributed by atoms with E-state index in [0.29, 0.717) is 12.4 Å². The molecule has 0 bridgehead atoms. The SMILES string of the molecule is C[C@@H](C(=O)NCc1cccnc1-n1cccn1)n1ccnc1. The molecule has 0 spiro atoms. The zero-order chi connectivity index (χ0) is 15.4. The maximum Gasteiger partial charge on any atom is 0.243 e. The van der Waals surface area contributed by atoms with Crippen molar-refractivity contribution in [1.82, 2.24) is 29.6 Å². The third kappa shape index (κ3) is 2.88. The zero-order valence-electron chi connectivity index (χ0n) is 12.1. The van der Waals surface area contributed by atoms with Gasteiger partial charge in [0.15, 0.2) is 5.82 Å². The molecule has 112 valence electrons. The molecule has 0 saturated heterocycles. The fourth-order valence-electron chi connectivity index (χ4n) is 2.13. The molecule has 1 amide bonds. The lowest BCUT2D eigenvalue weighted by atomic mass is 10.2. The summed E-state index contributed by atoms with van der Waals surface area (Å²) in [5, 5.41) is 7.10. The van der Waals surface area contributed by atoms with E-state index in [1.54, 1.807) is 40.4 Å². The Bertz CT molecular complexity index is 735. The zero-order valence-corrected chi connectivity index (χ0v) is 12.1. The molecule has 0 unspecified atom stereocenters. The topological polar surface area (TPSA) is 77.6 Å². The molecular formula is C15H16N6O. The highest BCUT2D eigenvalue weighted by atomic mass is 16.2. The first-order chi connectivity index (χ1) is 10.8. The van der Waals surface area contributed by atoms with Gasteiger partial charge in [-0.05, 0) is 19.1 Å². The van der Waals surface area contributed by atoms with Gasteiger partial charge in [0.1, 0.15) is 6.04 Å². The van der Waals surface area contributed by atoms with Crippen LogP contribution in [0.1, 0.15) is 18.5 Å². The number of carbonyl (C=O) groups excluding carboxylic acids is 1. The first-order valence-electron chi connectivity index (χ1n) is 6.95. The highest BCUT2D eigenvalue weighted by molar-refractivity contribution is 5.79. The van der Waals surface area contributed by atoms with Crippen molar-refractivity contribution in [3.05, 3.63) is 61.1 Å². The molecule has 0 saturated carbocycles. The Morgan fingerprint density at radius 1 is 1.27 bits per heavy atom. The van der Waals surface area contributed by atoms with E-state index in [-0.39, 0.29) is 11.9 Å². The minimum atomic E-state index is -0.313. The van der Waals surface area contributed by atoms with E-state index >= 15 is 0 Å². The second kappa shape index (κ2) is 6.21. The van der Waals surface area contributed by atoms with Crippen LogP contribution in [0, 0.1) is 0 Å². The molecule has 3 aromatic rings. The van der Waals surface area contributed by atoms with Crippen molar-refractivity contribution in [2.24, 2.45) is 0 Å². The Morgan fingerprint density at radius 3 is 2.91 bits per heavy atom. The third-order valence-corrected chi connectivity index (χ3v) is 3.39. The van der Waals surface area contributed by atoms with E-state index < -0.39 is 0 Å². The minimum absolute atomic E-state index is 0.0757. The summed E-state index contributed by atoms with van der Waals surface area (Å²) in [5.41, 5.74) is 0.900. The fourth-order valence-corrected chi connectivity index (χ4v) is 2.13. The summed E-state index contributed by atoms with van der Waals surface area (Å²) >= 11 is 0. The van der Waals surface area contributed by atoms with Crippen LogP contribution in [0.2, 0.25) is 0 Å². The number of rotatable bonds is 5. The monoisotopic (exact) mass is 296 g/mol. The van der Waals surface area contributed by atoms with Gasteiger partial charge >= 0.3 is 0 Å². The van der Waals surface area contributed by atoms with Crippen molar-refractivity contribution >= 4 is 5.91 Å². The summed E-state index contributed by atoms with van der Waals surface area (Å²) < 4.78 is 3.44. The number of amides is 1. The number of nitrogens with one attached hydrogen (secondary N) is 1. The Kier molecular flexibility index (Phi) is 3.95. The highest BCUT2D eigenvalue weighted by Crippen LogP contribution is 2.11. The maximum absolute atomic E-state index is 12.2. The van der Waals surface area contributed by atoms with Gasteiger partial charge in [-0.25, -0.2) is 14.6 Å². The predicted octanol–water partition coefficient (Wildman–Crippen LogP) is 1.34. The third-order valence-electron chi connectivity index (χ3n) is 3.39. The highest BCUT2D eigenvalue weighted by Gasteiger charge is 2.14. The molecule has 1 N–H and O–H groups in total. The van der Waals surface area contributed by atoms with Gasteiger partial charge in [0.25, 0.3) is 0 Å². The summed E-state index contributed by atoms with van der Waals surface area (Å²) in [6.45, 7) is 2.22. The molecule has 0 fully saturated rings. The van der Waals surface area contributed by atoms with Crippen LogP contribution in [0.15, 0.2) is 55.5 Å². The fraction of sp³-hybridized carbons (Fsp3) is 0.200. The number of imidazole rings is 1. The van der Waals surface area contributed by atoms with Crippen molar-refractivity contribution in [3.8, 4) is 5.82 Å². The molecule has 0 aliphatic carbocycles. The van der Waals surface area contributed by atoms with E-state index in [2.05, 4.69) is 20.4 Å². The summed E-state index contributed by atoms with van der Waals surface area (Å²) in [4.78, 5) is 20.5. The Balaban J connectivity index is 1.71. The van der Waals surface area contributed by atoms with Crippen molar-refractivity contribution in [1.29, 1.82) is 0 Å². The van der Waals surface area contributed by atoms with Crippen LogP contribution in [0.3, 0.4) is 0 Å². The molecule has 0 aliphatic heterocycles. The van der Waals surface area contributed by atoms with Crippen molar-refractivity contribution in [2.45, 2.75) is 19.5 Å². The lowest BCUT2D eigenvalue weighted by Gasteiger charge is -2.14. The number of aromatic nitrogens is 5. The average molecular weight is 296 g/mol. The Labute approximate surface area is 127 Å². The van der Waals surface area contributed by atoms with E-state index in [0.717, 1.165) is 5.56 Å². The van der Waals surface area contributed by atoms with E-state index in [1.165, 1.54) is 0 Å². The molecule has 1 atom stereocenters. The number of carbonyl (C=O) groups is 1. The van der Waals surface area contributed by atoms with Crippen LogP contribution in [0.4, 0.5) is 0 Å². The Hall–Kier alpha value is -2.96. The van der Waals surface area contributed by atoms with Crippen LogP contribution in [0.25, 0.3) is 5.82 Å². The second-order valence-electron chi connectivity index (χ2n) is 4.84. The quantitative estimate of drug-likeness (QED) is 0.770. The van der Waals surface area contributed by atoms with Gasteiger partial charge in [-0.3, -0.25) is 4.79 Å². The normalized spacial score (nSPS) is 12.0. The summed E-state index contributed by atoms with van der Waals surface area (Å²) in [7, 11) is 0. The molecule has 0 aliphatic rings. The van der Waals surface area contributed by atoms with Crippen LogP contribution in [-0.4, -0.2) is 30.2 Å². The number of nitrogens with zero attached hydrogens (tertiary/aromatic N) is 5. The molecule has 0 radical (unpaired) electrons. The summed E-state index contributed by atoms with van der Waals surface area (Å²) in [6, 6.07) is 5.28. The van der Waals surface area contributed by atoms with Crippen LogP contribution >= 0.6 is 0 Å². The number of hydrogen-bond donors (Lipinski definition) is 1. The first-order valence-corrected chi connectivity index (χ1v) is 6.95. The molecule has 7 heteroatoms. The van der Waals surface area contributed by atoms with E-state index in [1.807, 2.05) is 31.3 Å². The van der Waals surface area contributed by atoms with Gasteiger partial charge in [-0.2, -0.15) is 5.10 Å². The molecule has 3 rings (SSSR count). The van der Waals surface area contributed by atoms with Gasteiger partial charge in [0.05, 0.1) is 6.33 Å². The van der Waals surface area contributed by atoms with Crippen LogP contribution < -0.4 is 5.32 Å². The second-order valence-corrected chi connectivity index (χ2v) is 4.84. The lowest BCUT2D eigenvalue weighted by molar-refractivity contribution is -0.124.